The number of benzene rings is 2. The summed E-state index contributed by atoms with van der Waals surface area (Å²) in [5.41, 5.74) is 1.94. The van der Waals surface area contributed by atoms with Crippen LogP contribution in [0, 0.1) is 0 Å². The predicted octanol–water partition coefficient (Wildman–Crippen LogP) is 3.78. The molecular formula is C22H26BrN3O3. The van der Waals surface area contributed by atoms with E-state index < -0.39 is 6.10 Å². The summed E-state index contributed by atoms with van der Waals surface area (Å²) in [6.45, 7) is 1.90. The molecule has 0 bridgehead atoms. The molecule has 2 aromatic rings. The number of hydrogen-bond acceptors (Lipinski definition) is 4. The molecule has 1 saturated heterocycles. The van der Waals surface area contributed by atoms with Crippen molar-refractivity contribution >= 4 is 39.1 Å². The molecule has 1 aliphatic heterocycles. The molecule has 1 heterocycles. The van der Waals surface area contributed by atoms with Gasteiger partial charge in [0.25, 0.3) is 11.8 Å². The summed E-state index contributed by atoms with van der Waals surface area (Å²) in [7, 11) is 3.95. The minimum Gasteiger partial charge on any atom is -0.368 e. The fraction of sp³-hybridized carbons (Fsp3) is 0.364. The van der Waals surface area contributed by atoms with Crippen molar-refractivity contribution in [1.29, 1.82) is 0 Å². The third kappa shape index (κ3) is 5.88. The largest absolute Gasteiger partial charge is 0.368 e. The monoisotopic (exact) mass is 459 g/mol. The molecular weight excluding hydrogens is 434 g/mol. The predicted molar refractivity (Wildman–Crippen MR) is 118 cm³/mol. The van der Waals surface area contributed by atoms with Crippen molar-refractivity contribution in [3.63, 3.8) is 0 Å². The first-order chi connectivity index (χ1) is 13.9. The fourth-order valence-electron chi connectivity index (χ4n) is 3.18. The zero-order valence-electron chi connectivity index (χ0n) is 16.7. The molecule has 6 nitrogen and oxygen atoms in total. The van der Waals surface area contributed by atoms with E-state index in [1.165, 1.54) is 0 Å². The lowest BCUT2D eigenvalue weighted by atomic mass is 10.1. The number of carbonyl (C=O) groups excluding carboxylic acids is 2. The van der Waals surface area contributed by atoms with Gasteiger partial charge in [0.2, 0.25) is 0 Å². The van der Waals surface area contributed by atoms with Crippen LogP contribution in [0.5, 0.6) is 0 Å². The quantitative estimate of drug-likeness (QED) is 0.684. The molecule has 1 atom stereocenters. The van der Waals surface area contributed by atoms with Crippen LogP contribution in [0.25, 0.3) is 0 Å². The van der Waals surface area contributed by atoms with Gasteiger partial charge in [0.05, 0.1) is 0 Å². The zero-order valence-corrected chi connectivity index (χ0v) is 18.3. The summed E-state index contributed by atoms with van der Waals surface area (Å²) in [6.07, 6.45) is 1.21. The molecule has 1 unspecified atom stereocenters. The molecule has 0 aliphatic carbocycles. The van der Waals surface area contributed by atoms with Gasteiger partial charge >= 0.3 is 0 Å². The van der Waals surface area contributed by atoms with E-state index in [9.17, 15) is 9.59 Å². The molecule has 0 spiro atoms. The lowest BCUT2D eigenvalue weighted by Crippen LogP contribution is -2.36. The first-order valence-corrected chi connectivity index (χ1v) is 10.5. The van der Waals surface area contributed by atoms with Gasteiger partial charge in [0.15, 0.2) is 0 Å². The van der Waals surface area contributed by atoms with Crippen LogP contribution in [0.1, 0.15) is 23.2 Å². The summed E-state index contributed by atoms with van der Waals surface area (Å²) in [4.78, 5) is 29.4. The lowest BCUT2D eigenvalue weighted by molar-refractivity contribution is -0.124. The van der Waals surface area contributed by atoms with E-state index in [1.807, 2.05) is 43.3 Å². The summed E-state index contributed by atoms with van der Waals surface area (Å²) >= 11 is 3.48. The van der Waals surface area contributed by atoms with Gasteiger partial charge in [-0.3, -0.25) is 9.59 Å². The number of amides is 2. The van der Waals surface area contributed by atoms with Gasteiger partial charge in [-0.05, 0) is 63.3 Å². The Hall–Kier alpha value is -2.22. The number of anilines is 2. The Balaban J connectivity index is 1.80. The Labute approximate surface area is 180 Å². The smallest absolute Gasteiger partial charge is 0.258 e. The van der Waals surface area contributed by atoms with Crippen molar-refractivity contribution in [3.05, 3.63) is 58.6 Å². The molecule has 7 heteroatoms. The SMILES string of the molecule is CN(C)CCN(C(=O)c1cccc(NC(=O)C2CCCO2)c1)c1cccc(Br)c1. The Bertz CT molecular complexity index is 866. The molecule has 1 aliphatic rings. The molecule has 0 aromatic heterocycles. The maximum Gasteiger partial charge on any atom is 0.258 e. The third-order valence-corrected chi connectivity index (χ3v) is 5.23. The minimum atomic E-state index is -0.410. The highest BCUT2D eigenvalue weighted by Crippen LogP contribution is 2.23. The van der Waals surface area contributed by atoms with Crippen LogP contribution in [0.4, 0.5) is 11.4 Å². The number of halogens is 1. The van der Waals surface area contributed by atoms with Crippen molar-refractivity contribution < 1.29 is 14.3 Å². The number of nitrogens with one attached hydrogen (secondary N) is 1. The van der Waals surface area contributed by atoms with Gasteiger partial charge in [-0.15, -0.1) is 0 Å². The number of hydrogen-bond donors (Lipinski definition) is 1. The molecule has 0 radical (unpaired) electrons. The second-order valence-electron chi connectivity index (χ2n) is 7.31. The normalized spacial score (nSPS) is 16.1. The number of likely N-dealkylation sites (N-methyl/N-ethyl adjacent to an activating group) is 1. The fourth-order valence-corrected chi connectivity index (χ4v) is 3.57. The topological polar surface area (TPSA) is 61.9 Å². The number of ether oxygens (including phenoxy) is 1. The van der Waals surface area contributed by atoms with Gasteiger partial charge < -0.3 is 19.9 Å². The number of rotatable bonds is 7. The number of carbonyl (C=O) groups is 2. The summed E-state index contributed by atoms with van der Waals surface area (Å²) in [6, 6.07) is 14.7. The minimum absolute atomic E-state index is 0.113. The van der Waals surface area contributed by atoms with Gasteiger partial charge in [0, 0.05) is 41.1 Å². The van der Waals surface area contributed by atoms with Crippen LogP contribution < -0.4 is 10.2 Å². The van der Waals surface area contributed by atoms with Crippen molar-refractivity contribution in [2.45, 2.75) is 18.9 Å². The first-order valence-electron chi connectivity index (χ1n) is 9.69. The first kappa shape index (κ1) is 21.5. The number of nitrogens with zero attached hydrogens (tertiary/aromatic N) is 2. The molecule has 1 fully saturated rings. The van der Waals surface area contributed by atoms with E-state index in [2.05, 4.69) is 21.2 Å². The Kier molecular flexibility index (Phi) is 7.41. The standard InChI is InChI=1S/C22H26BrN3O3/c1-25(2)11-12-26(19-9-4-7-17(23)15-19)22(28)16-6-3-8-18(14-16)24-21(27)20-10-5-13-29-20/h3-4,6-9,14-15,20H,5,10-13H2,1-2H3,(H,24,27). The van der Waals surface area contributed by atoms with Gasteiger partial charge in [-0.2, -0.15) is 0 Å². The van der Waals surface area contributed by atoms with Crippen LogP contribution in [0.15, 0.2) is 53.0 Å². The molecule has 1 N–H and O–H groups in total. The summed E-state index contributed by atoms with van der Waals surface area (Å²) in [5, 5.41) is 2.87. The van der Waals surface area contributed by atoms with E-state index in [1.54, 1.807) is 29.2 Å². The van der Waals surface area contributed by atoms with Crippen LogP contribution in [0.2, 0.25) is 0 Å². The highest BCUT2D eigenvalue weighted by molar-refractivity contribution is 9.10. The molecule has 154 valence electrons. The summed E-state index contributed by atoms with van der Waals surface area (Å²) in [5.74, 6) is -0.276. The highest BCUT2D eigenvalue weighted by Gasteiger charge is 2.24. The zero-order chi connectivity index (χ0) is 20.8. The van der Waals surface area contributed by atoms with E-state index in [0.29, 0.717) is 24.4 Å². The Morgan fingerprint density at radius 3 is 2.62 bits per heavy atom. The molecule has 3 rings (SSSR count). The van der Waals surface area contributed by atoms with Crippen LogP contribution in [0.3, 0.4) is 0 Å². The maximum atomic E-state index is 13.3. The van der Waals surface area contributed by atoms with Gasteiger partial charge in [-0.25, -0.2) is 0 Å². The van der Waals surface area contributed by atoms with E-state index in [4.69, 9.17) is 4.74 Å². The average Bonchev–Trinajstić information content (AvgIpc) is 3.23. The maximum absolute atomic E-state index is 13.3. The molecule has 0 saturated carbocycles. The van der Waals surface area contributed by atoms with Crippen molar-refractivity contribution in [2.75, 3.05) is 44.0 Å². The second kappa shape index (κ2) is 10.0. The van der Waals surface area contributed by atoms with Crippen molar-refractivity contribution in [1.82, 2.24) is 4.90 Å². The van der Waals surface area contributed by atoms with Gasteiger partial charge in [0.1, 0.15) is 6.10 Å². The second-order valence-corrected chi connectivity index (χ2v) is 8.23. The van der Waals surface area contributed by atoms with Crippen LogP contribution >= 0.6 is 15.9 Å². The van der Waals surface area contributed by atoms with Crippen molar-refractivity contribution in [3.8, 4) is 0 Å². The highest BCUT2D eigenvalue weighted by atomic mass is 79.9. The van der Waals surface area contributed by atoms with Crippen LogP contribution in [-0.4, -0.2) is 56.6 Å². The van der Waals surface area contributed by atoms with E-state index in [0.717, 1.165) is 29.5 Å². The average molecular weight is 460 g/mol. The third-order valence-electron chi connectivity index (χ3n) is 4.74. The van der Waals surface area contributed by atoms with E-state index in [-0.39, 0.29) is 11.8 Å². The summed E-state index contributed by atoms with van der Waals surface area (Å²) < 4.78 is 6.34. The molecule has 29 heavy (non-hydrogen) atoms. The van der Waals surface area contributed by atoms with Crippen molar-refractivity contribution in [2.24, 2.45) is 0 Å². The Morgan fingerprint density at radius 2 is 1.93 bits per heavy atom. The van der Waals surface area contributed by atoms with Crippen LogP contribution in [-0.2, 0) is 9.53 Å². The Morgan fingerprint density at radius 1 is 1.14 bits per heavy atom. The van der Waals surface area contributed by atoms with Gasteiger partial charge in [-0.1, -0.05) is 28.1 Å². The lowest BCUT2D eigenvalue weighted by Gasteiger charge is -2.25. The molecule has 2 aromatic carbocycles. The molecule has 2 amide bonds. The van der Waals surface area contributed by atoms with E-state index >= 15 is 0 Å².